The van der Waals surface area contributed by atoms with Crippen molar-refractivity contribution in [3.8, 4) is 5.75 Å². The molecule has 1 heterocycles. The number of amides is 1. The van der Waals surface area contributed by atoms with Crippen molar-refractivity contribution in [3.05, 3.63) is 76.1 Å². The quantitative estimate of drug-likeness (QED) is 0.784. The van der Waals surface area contributed by atoms with E-state index in [4.69, 9.17) is 9.15 Å². The Balaban J connectivity index is 1.65. The van der Waals surface area contributed by atoms with Crippen molar-refractivity contribution in [3.63, 3.8) is 0 Å². The van der Waals surface area contributed by atoms with Crippen LogP contribution in [0, 0.1) is 0 Å². The van der Waals surface area contributed by atoms with Crippen molar-refractivity contribution in [1.29, 1.82) is 0 Å². The van der Waals surface area contributed by atoms with Crippen molar-refractivity contribution < 1.29 is 13.9 Å². The van der Waals surface area contributed by atoms with Gasteiger partial charge in [0.2, 0.25) is 0 Å². The van der Waals surface area contributed by atoms with Gasteiger partial charge in [0, 0.05) is 12.6 Å². The largest absolute Gasteiger partial charge is 0.497 e. The first-order chi connectivity index (χ1) is 11.7. The van der Waals surface area contributed by atoms with Crippen LogP contribution in [0.3, 0.4) is 0 Å². The summed E-state index contributed by atoms with van der Waals surface area (Å²) < 4.78 is 10.6. The van der Waals surface area contributed by atoms with E-state index in [2.05, 4.69) is 5.32 Å². The Kier molecular flexibility index (Phi) is 4.61. The van der Waals surface area contributed by atoms with Gasteiger partial charge in [-0.1, -0.05) is 24.3 Å². The maximum Gasteiger partial charge on any atom is 0.287 e. The molecule has 5 heteroatoms. The van der Waals surface area contributed by atoms with Gasteiger partial charge in [-0.3, -0.25) is 9.59 Å². The topological polar surface area (TPSA) is 68.5 Å². The Labute approximate surface area is 138 Å². The molecule has 0 atom stereocenters. The Bertz CT molecular complexity index is 913. The predicted molar refractivity (Wildman–Crippen MR) is 91.5 cm³/mol. The summed E-state index contributed by atoms with van der Waals surface area (Å²) in [7, 11) is 1.62. The van der Waals surface area contributed by atoms with E-state index in [9.17, 15) is 9.59 Å². The zero-order valence-corrected chi connectivity index (χ0v) is 13.2. The van der Waals surface area contributed by atoms with Gasteiger partial charge in [0.25, 0.3) is 5.91 Å². The lowest BCUT2D eigenvalue weighted by Crippen LogP contribution is -2.26. The summed E-state index contributed by atoms with van der Waals surface area (Å²) in [5, 5.41) is 3.23. The lowest BCUT2D eigenvalue weighted by Gasteiger charge is -2.06. The first-order valence-electron chi connectivity index (χ1n) is 7.61. The fourth-order valence-corrected chi connectivity index (χ4v) is 2.42. The molecule has 0 unspecified atom stereocenters. The van der Waals surface area contributed by atoms with Crippen molar-refractivity contribution in [1.82, 2.24) is 5.32 Å². The number of rotatable bonds is 5. The lowest BCUT2D eigenvalue weighted by atomic mass is 10.1. The zero-order chi connectivity index (χ0) is 16.9. The normalized spacial score (nSPS) is 10.5. The third-order valence-corrected chi connectivity index (χ3v) is 3.72. The lowest BCUT2D eigenvalue weighted by molar-refractivity contribution is 0.0927. The van der Waals surface area contributed by atoms with Crippen molar-refractivity contribution in [2.24, 2.45) is 0 Å². The molecule has 0 fully saturated rings. The molecule has 0 radical (unpaired) electrons. The number of hydrogen-bond donors (Lipinski definition) is 1. The highest BCUT2D eigenvalue weighted by Crippen LogP contribution is 2.12. The Morgan fingerprint density at radius 3 is 2.62 bits per heavy atom. The van der Waals surface area contributed by atoms with Gasteiger partial charge in [-0.2, -0.15) is 0 Å². The minimum Gasteiger partial charge on any atom is -0.497 e. The smallest absolute Gasteiger partial charge is 0.287 e. The first-order valence-corrected chi connectivity index (χ1v) is 7.61. The number of nitrogens with one attached hydrogen (secondary N) is 1. The van der Waals surface area contributed by atoms with Gasteiger partial charge in [-0.15, -0.1) is 0 Å². The van der Waals surface area contributed by atoms with Crippen LogP contribution in [0.4, 0.5) is 0 Å². The highest BCUT2D eigenvalue weighted by Gasteiger charge is 2.11. The van der Waals surface area contributed by atoms with Crippen molar-refractivity contribution in [2.45, 2.75) is 6.42 Å². The molecule has 0 aliphatic heterocycles. The molecule has 3 aromatic rings. The molecule has 0 saturated carbocycles. The number of para-hydroxylation sites is 1. The van der Waals surface area contributed by atoms with E-state index >= 15 is 0 Å². The number of hydrogen-bond acceptors (Lipinski definition) is 4. The van der Waals surface area contributed by atoms with E-state index in [1.165, 1.54) is 6.07 Å². The molecule has 0 spiro atoms. The third kappa shape index (κ3) is 3.46. The molecule has 0 aliphatic carbocycles. The van der Waals surface area contributed by atoms with Crippen LogP contribution in [-0.2, 0) is 6.42 Å². The van der Waals surface area contributed by atoms with Crippen LogP contribution in [0.25, 0.3) is 11.0 Å². The molecular weight excluding hydrogens is 306 g/mol. The van der Waals surface area contributed by atoms with E-state index in [1.807, 2.05) is 24.3 Å². The fourth-order valence-electron chi connectivity index (χ4n) is 2.42. The molecule has 0 bridgehead atoms. The molecular formula is C19H17NO4. The number of fused-ring (bicyclic) bond motifs is 1. The Morgan fingerprint density at radius 1 is 1.12 bits per heavy atom. The zero-order valence-electron chi connectivity index (χ0n) is 13.2. The average molecular weight is 323 g/mol. The fraction of sp³-hybridized carbons (Fsp3) is 0.158. The van der Waals surface area contributed by atoms with Gasteiger partial charge >= 0.3 is 0 Å². The molecule has 3 rings (SSSR count). The summed E-state index contributed by atoms with van der Waals surface area (Å²) in [6.45, 7) is 0.446. The summed E-state index contributed by atoms with van der Waals surface area (Å²) in [5.41, 5.74) is 1.26. The number of carbonyl (C=O) groups excluding carboxylic acids is 1. The second kappa shape index (κ2) is 7.00. The highest BCUT2D eigenvalue weighted by molar-refractivity contribution is 5.93. The van der Waals surface area contributed by atoms with E-state index in [1.54, 1.807) is 31.4 Å². The molecule has 2 aromatic carbocycles. The second-order valence-corrected chi connectivity index (χ2v) is 5.33. The standard InChI is InChI=1S/C19H17NO4/c1-23-14-8-6-13(7-9-14)10-11-20-19(22)18-12-16(21)15-4-2-3-5-17(15)24-18/h2-9,12H,10-11H2,1H3,(H,20,22). The van der Waals surface area contributed by atoms with Crippen LogP contribution in [-0.4, -0.2) is 19.6 Å². The van der Waals surface area contributed by atoms with Crippen molar-refractivity contribution in [2.75, 3.05) is 13.7 Å². The summed E-state index contributed by atoms with van der Waals surface area (Å²) in [5.74, 6) is 0.417. The minimum absolute atomic E-state index is 0.0217. The molecule has 1 N–H and O–H groups in total. The molecule has 1 aromatic heterocycles. The predicted octanol–water partition coefficient (Wildman–Crippen LogP) is 2.77. The maximum absolute atomic E-state index is 12.2. The van der Waals surface area contributed by atoms with Crippen molar-refractivity contribution >= 4 is 16.9 Å². The molecule has 24 heavy (non-hydrogen) atoms. The van der Waals surface area contributed by atoms with E-state index in [0.29, 0.717) is 23.9 Å². The number of methoxy groups -OCH3 is 1. The Hall–Kier alpha value is -3.08. The third-order valence-electron chi connectivity index (χ3n) is 3.72. The van der Waals surface area contributed by atoms with Crippen LogP contribution in [0.2, 0.25) is 0 Å². The molecule has 0 aliphatic rings. The average Bonchev–Trinajstić information content (AvgIpc) is 2.62. The van der Waals surface area contributed by atoms with Gasteiger partial charge in [0.1, 0.15) is 11.3 Å². The van der Waals surface area contributed by atoms with E-state index in [0.717, 1.165) is 11.3 Å². The van der Waals surface area contributed by atoms with Crippen LogP contribution in [0.5, 0.6) is 5.75 Å². The number of ether oxygens (including phenoxy) is 1. The van der Waals surface area contributed by atoms with Gasteiger partial charge < -0.3 is 14.5 Å². The van der Waals surface area contributed by atoms with E-state index in [-0.39, 0.29) is 11.2 Å². The van der Waals surface area contributed by atoms with Crippen LogP contribution in [0.15, 0.2) is 63.8 Å². The summed E-state index contributed by atoms with van der Waals surface area (Å²) in [6, 6.07) is 15.7. The van der Waals surface area contributed by atoms with Crippen LogP contribution in [0.1, 0.15) is 16.1 Å². The monoisotopic (exact) mass is 323 g/mol. The van der Waals surface area contributed by atoms with E-state index < -0.39 is 5.91 Å². The maximum atomic E-state index is 12.2. The summed E-state index contributed by atoms with van der Waals surface area (Å²) in [4.78, 5) is 24.2. The van der Waals surface area contributed by atoms with Crippen LogP contribution >= 0.6 is 0 Å². The molecule has 0 saturated heterocycles. The first kappa shape index (κ1) is 15.8. The van der Waals surface area contributed by atoms with Gasteiger partial charge in [-0.25, -0.2) is 0 Å². The van der Waals surface area contributed by atoms with Gasteiger partial charge in [-0.05, 0) is 36.2 Å². The summed E-state index contributed by atoms with van der Waals surface area (Å²) in [6.07, 6.45) is 0.674. The van der Waals surface area contributed by atoms with Crippen LogP contribution < -0.4 is 15.5 Å². The second-order valence-electron chi connectivity index (χ2n) is 5.33. The molecule has 1 amide bonds. The number of carbonyl (C=O) groups is 1. The molecule has 5 nitrogen and oxygen atoms in total. The minimum atomic E-state index is -0.397. The number of benzene rings is 2. The highest BCUT2D eigenvalue weighted by atomic mass is 16.5. The summed E-state index contributed by atoms with van der Waals surface area (Å²) >= 11 is 0. The van der Waals surface area contributed by atoms with Gasteiger partial charge in [0.05, 0.1) is 12.5 Å². The Morgan fingerprint density at radius 2 is 1.88 bits per heavy atom. The molecule has 122 valence electrons. The van der Waals surface area contributed by atoms with Gasteiger partial charge in [0.15, 0.2) is 11.2 Å². The SMILES string of the molecule is COc1ccc(CCNC(=O)c2cc(=O)c3ccccc3o2)cc1.